The summed E-state index contributed by atoms with van der Waals surface area (Å²) in [4.78, 5) is 41.5. The second-order valence-corrected chi connectivity index (χ2v) is 9.63. The van der Waals surface area contributed by atoms with Crippen LogP contribution in [0.2, 0.25) is 0 Å². The first-order valence-electron chi connectivity index (χ1n) is 12.0. The van der Waals surface area contributed by atoms with Crippen LogP contribution in [-0.4, -0.2) is 70.5 Å². The van der Waals surface area contributed by atoms with Gasteiger partial charge >= 0.3 is 5.97 Å². The Morgan fingerprint density at radius 1 is 1.21 bits per heavy atom. The average Bonchev–Trinajstić information content (AvgIpc) is 2.78. The van der Waals surface area contributed by atoms with Crippen molar-refractivity contribution < 1.29 is 24.2 Å². The van der Waals surface area contributed by atoms with Crippen LogP contribution in [0.25, 0.3) is 0 Å². The van der Waals surface area contributed by atoms with Crippen LogP contribution in [0.1, 0.15) is 58.4 Å². The zero-order chi connectivity index (χ0) is 24.0. The number of carboxylic acids is 1. The molecule has 2 aliphatic rings. The largest absolute Gasteiger partial charge is 0.482 e. The van der Waals surface area contributed by atoms with E-state index in [0.29, 0.717) is 37.5 Å². The molecule has 182 valence electrons. The Bertz CT molecular complexity index is 831. The van der Waals surface area contributed by atoms with Crippen molar-refractivity contribution in [2.24, 2.45) is 5.92 Å². The van der Waals surface area contributed by atoms with Gasteiger partial charge in [-0.15, -0.1) is 0 Å². The summed E-state index contributed by atoms with van der Waals surface area (Å²) >= 11 is 0. The zero-order valence-corrected chi connectivity index (χ0v) is 20.0. The molecular formula is C25H37N3O5. The predicted molar refractivity (Wildman–Crippen MR) is 125 cm³/mol. The van der Waals surface area contributed by atoms with Gasteiger partial charge in [0.15, 0.2) is 6.61 Å². The number of piperazine rings is 1. The van der Waals surface area contributed by atoms with Crippen molar-refractivity contribution in [2.45, 2.75) is 71.0 Å². The maximum atomic E-state index is 13.3. The monoisotopic (exact) mass is 459 g/mol. The first kappa shape index (κ1) is 25.0. The van der Waals surface area contributed by atoms with E-state index in [4.69, 9.17) is 9.84 Å². The molecule has 0 radical (unpaired) electrons. The Morgan fingerprint density at radius 2 is 1.88 bits per heavy atom. The molecule has 3 rings (SSSR count). The van der Waals surface area contributed by atoms with Crippen molar-refractivity contribution in [1.82, 2.24) is 15.1 Å². The van der Waals surface area contributed by atoms with Crippen LogP contribution in [0.15, 0.2) is 24.3 Å². The van der Waals surface area contributed by atoms with E-state index in [-0.39, 0.29) is 18.4 Å². The van der Waals surface area contributed by atoms with E-state index >= 15 is 0 Å². The standard InChI is InChI=1S/C25H37N3O5/c1-4-5-12-28-23(31)21(15-18(2)3)26-24(32)25(28)10-13-27(14-11-25)16-19-6-8-20(9-7-19)33-17-22(29)30/h6-9,18,21H,4-5,10-17H2,1-3H3,(H,26,32)(H,29,30). The van der Waals surface area contributed by atoms with Crippen molar-refractivity contribution in [1.29, 1.82) is 0 Å². The molecule has 0 saturated carbocycles. The van der Waals surface area contributed by atoms with Crippen molar-refractivity contribution in [3.63, 3.8) is 0 Å². The molecule has 0 aromatic heterocycles. The quantitative estimate of drug-likeness (QED) is 0.558. The molecule has 2 heterocycles. The highest BCUT2D eigenvalue weighted by Gasteiger charge is 2.53. The Hall–Kier alpha value is -2.61. The van der Waals surface area contributed by atoms with Gasteiger partial charge in [0.1, 0.15) is 17.3 Å². The molecule has 2 N–H and O–H groups in total. The molecule has 8 nitrogen and oxygen atoms in total. The minimum Gasteiger partial charge on any atom is -0.482 e. The first-order valence-corrected chi connectivity index (χ1v) is 12.0. The Balaban J connectivity index is 1.64. The van der Waals surface area contributed by atoms with Crippen LogP contribution >= 0.6 is 0 Å². The van der Waals surface area contributed by atoms with Gasteiger partial charge in [0.25, 0.3) is 0 Å². The molecule has 2 amide bonds. The van der Waals surface area contributed by atoms with Gasteiger partial charge in [-0.1, -0.05) is 39.3 Å². The number of likely N-dealkylation sites (tertiary alicyclic amines) is 1. The normalized spacial score (nSPS) is 20.8. The Labute approximate surface area is 196 Å². The van der Waals surface area contributed by atoms with E-state index in [0.717, 1.165) is 38.0 Å². The number of rotatable bonds is 10. The lowest BCUT2D eigenvalue weighted by Gasteiger charge is -2.52. The van der Waals surface area contributed by atoms with Crippen LogP contribution in [0.5, 0.6) is 5.75 Å². The van der Waals surface area contributed by atoms with E-state index < -0.39 is 17.6 Å². The third-order valence-electron chi connectivity index (χ3n) is 6.63. The Morgan fingerprint density at radius 3 is 2.45 bits per heavy atom. The van der Waals surface area contributed by atoms with Crippen LogP contribution in [0.3, 0.4) is 0 Å². The third kappa shape index (κ3) is 6.05. The average molecular weight is 460 g/mol. The minimum atomic E-state index is -1.00. The summed E-state index contributed by atoms with van der Waals surface area (Å²) in [6.45, 7) is 8.72. The molecule has 2 fully saturated rings. The summed E-state index contributed by atoms with van der Waals surface area (Å²) in [5.74, 6) is -0.0663. The van der Waals surface area contributed by atoms with Crippen LogP contribution in [0.4, 0.5) is 0 Å². The molecule has 0 aliphatic carbocycles. The van der Waals surface area contributed by atoms with Gasteiger partial charge in [-0.3, -0.25) is 14.5 Å². The maximum Gasteiger partial charge on any atom is 0.341 e. The van der Waals surface area contributed by atoms with Crippen LogP contribution in [0, 0.1) is 5.92 Å². The number of ether oxygens (including phenoxy) is 1. The van der Waals surface area contributed by atoms with Crippen LogP contribution < -0.4 is 10.1 Å². The summed E-state index contributed by atoms with van der Waals surface area (Å²) in [5.41, 5.74) is 0.350. The lowest BCUT2D eigenvalue weighted by Crippen LogP contribution is -2.73. The summed E-state index contributed by atoms with van der Waals surface area (Å²) in [6, 6.07) is 7.00. The number of benzene rings is 1. The molecule has 33 heavy (non-hydrogen) atoms. The number of carbonyl (C=O) groups excluding carboxylic acids is 2. The van der Waals surface area contributed by atoms with Gasteiger partial charge < -0.3 is 20.1 Å². The SMILES string of the molecule is CCCCN1C(=O)C(CC(C)C)NC(=O)C12CCN(Cc1ccc(OCC(=O)O)cc1)CC2. The van der Waals surface area contributed by atoms with Crippen LogP contribution in [-0.2, 0) is 20.9 Å². The summed E-state index contributed by atoms with van der Waals surface area (Å²) < 4.78 is 5.19. The molecule has 1 unspecified atom stereocenters. The molecule has 1 atom stereocenters. The smallest absolute Gasteiger partial charge is 0.341 e. The molecule has 1 aromatic rings. The van der Waals surface area contributed by atoms with E-state index in [1.807, 2.05) is 17.0 Å². The van der Waals surface area contributed by atoms with Gasteiger partial charge in [-0.2, -0.15) is 0 Å². The van der Waals surface area contributed by atoms with Crippen molar-refractivity contribution in [3.05, 3.63) is 29.8 Å². The number of nitrogens with one attached hydrogen (secondary N) is 1. The number of carbonyl (C=O) groups is 3. The Kier molecular flexibility index (Phi) is 8.35. The number of hydrogen-bond acceptors (Lipinski definition) is 5. The summed E-state index contributed by atoms with van der Waals surface area (Å²) in [6.07, 6.45) is 3.80. The van der Waals surface area contributed by atoms with E-state index in [1.165, 1.54) is 0 Å². The van der Waals surface area contributed by atoms with Gasteiger partial charge in [0.2, 0.25) is 11.8 Å². The second kappa shape index (κ2) is 11.0. The number of amides is 2. The van der Waals surface area contributed by atoms with Gasteiger partial charge in [0.05, 0.1) is 0 Å². The fraction of sp³-hybridized carbons (Fsp3) is 0.640. The molecule has 8 heteroatoms. The van der Waals surface area contributed by atoms with Crippen molar-refractivity contribution in [3.8, 4) is 5.75 Å². The third-order valence-corrected chi connectivity index (χ3v) is 6.63. The fourth-order valence-corrected chi connectivity index (χ4v) is 4.82. The van der Waals surface area contributed by atoms with E-state index in [1.54, 1.807) is 12.1 Å². The predicted octanol–water partition coefficient (Wildman–Crippen LogP) is 2.66. The van der Waals surface area contributed by atoms with E-state index in [2.05, 4.69) is 31.0 Å². The molecular weight excluding hydrogens is 422 g/mol. The lowest BCUT2D eigenvalue weighted by atomic mass is 9.80. The molecule has 2 saturated heterocycles. The maximum absolute atomic E-state index is 13.3. The van der Waals surface area contributed by atoms with Gasteiger partial charge in [-0.25, -0.2) is 4.79 Å². The molecule has 1 aromatic carbocycles. The van der Waals surface area contributed by atoms with E-state index in [9.17, 15) is 14.4 Å². The summed E-state index contributed by atoms with van der Waals surface area (Å²) in [7, 11) is 0. The summed E-state index contributed by atoms with van der Waals surface area (Å²) in [5, 5.41) is 11.8. The van der Waals surface area contributed by atoms with Gasteiger partial charge in [-0.05, 0) is 49.3 Å². The first-order chi connectivity index (χ1) is 15.7. The fourth-order valence-electron chi connectivity index (χ4n) is 4.82. The number of piperidine rings is 1. The molecule has 1 spiro atoms. The highest BCUT2D eigenvalue weighted by molar-refractivity contribution is 6.00. The van der Waals surface area contributed by atoms with Crippen molar-refractivity contribution in [2.75, 3.05) is 26.2 Å². The van der Waals surface area contributed by atoms with Gasteiger partial charge in [0, 0.05) is 26.2 Å². The molecule has 0 bridgehead atoms. The number of nitrogens with zero attached hydrogens (tertiary/aromatic N) is 2. The minimum absolute atomic E-state index is 0.00318. The highest BCUT2D eigenvalue weighted by Crippen LogP contribution is 2.34. The number of carboxylic acid groups (broad SMARTS) is 1. The molecule has 2 aliphatic heterocycles. The number of unbranched alkanes of at least 4 members (excludes halogenated alkanes) is 1. The number of aliphatic carboxylic acids is 1. The zero-order valence-electron chi connectivity index (χ0n) is 20.0. The highest BCUT2D eigenvalue weighted by atomic mass is 16.5. The lowest BCUT2D eigenvalue weighted by molar-refractivity contribution is -0.161. The van der Waals surface area contributed by atoms with Crippen molar-refractivity contribution >= 4 is 17.8 Å². The number of hydrogen-bond donors (Lipinski definition) is 2. The second-order valence-electron chi connectivity index (χ2n) is 9.63. The topological polar surface area (TPSA) is 99.2 Å².